The average molecular weight is 279 g/mol. The fraction of sp³-hybridized carbons (Fsp3) is 0.533. The molecule has 0 amide bonds. The second-order valence-electron chi connectivity index (χ2n) is 5.37. The van der Waals surface area contributed by atoms with E-state index in [9.17, 15) is 4.79 Å². The van der Waals surface area contributed by atoms with Gasteiger partial charge in [-0.3, -0.25) is 4.79 Å². The molecular formula is C15H21NO2S. The first-order chi connectivity index (χ1) is 9.06. The van der Waals surface area contributed by atoms with Crippen molar-refractivity contribution >= 4 is 17.7 Å². The van der Waals surface area contributed by atoms with Crippen LogP contribution in [0.25, 0.3) is 0 Å². The summed E-state index contributed by atoms with van der Waals surface area (Å²) < 4.78 is 4.77. The van der Waals surface area contributed by atoms with Crippen molar-refractivity contribution in [3.05, 3.63) is 29.8 Å². The Labute approximate surface area is 118 Å². The summed E-state index contributed by atoms with van der Waals surface area (Å²) in [5, 5.41) is 0. The smallest absolute Gasteiger partial charge is 0.306 e. The largest absolute Gasteiger partial charge is 0.469 e. The molecule has 0 unspecified atom stereocenters. The zero-order chi connectivity index (χ0) is 13.9. The van der Waals surface area contributed by atoms with Crippen LogP contribution in [0.15, 0.2) is 29.2 Å². The fourth-order valence-electron chi connectivity index (χ4n) is 2.15. The van der Waals surface area contributed by atoms with Gasteiger partial charge in [-0.25, -0.2) is 0 Å². The van der Waals surface area contributed by atoms with Gasteiger partial charge < -0.3 is 10.5 Å². The van der Waals surface area contributed by atoms with Gasteiger partial charge in [-0.05, 0) is 36.8 Å². The molecule has 1 saturated carbocycles. The molecule has 0 saturated heterocycles. The van der Waals surface area contributed by atoms with Crippen LogP contribution in [0.1, 0.15) is 37.8 Å². The third-order valence-corrected chi connectivity index (χ3v) is 5.09. The third kappa shape index (κ3) is 3.74. The predicted octanol–water partition coefficient (Wildman–Crippen LogP) is 3.14. The Hall–Kier alpha value is -1.00. The number of nitrogens with two attached hydrogens (primary N) is 1. The number of ether oxygens (including phenoxy) is 1. The quantitative estimate of drug-likeness (QED) is 0.642. The molecule has 2 N–H and O–H groups in total. The van der Waals surface area contributed by atoms with Gasteiger partial charge in [0.15, 0.2) is 0 Å². The fourth-order valence-corrected chi connectivity index (χ4v) is 3.59. The number of methoxy groups -OCH3 is 1. The number of thioether (sulfide) groups is 1. The molecule has 0 aliphatic heterocycles. The van der Waals surface area contributed by atoms with Crippen molar-refractivity contribution in [2.45, 2.75) is 37.1 Å². The Morgan fingerprint density at radius 2 is 2.16 bits per heavy atom. The van der Waals surface area contributed by atoms with Gasteiger partial charge in [-0.1, -0.05) is 18.2 Å². The molecule has 1 atom stereocenters. The molecule has 104 valence electrons. The van der Waals surface area contributed by atoms with E-state index in [1.165, 1.54) is 17.6 Å². The Bertz CT molecular complexity index is 455. The SMILES string of the molecule is COC(=O)CC1(CSc2ccccc2[C@H](C)N)CC1. The molecule has 0 spiro atoms. The third-order valence-electron chi connectivity index (χ3n) is 3.65. The van der Waals surface area contributed by atoms with Crippen LogP contribution in [-0.2, 0) is 9.53 Å². The van der Waals surface area contributed by atoms with E-state index in [-0.39, 0.29) is 17.4 Å². The highest BCUT2D eigenvalue weighted by Gasteiger charge is 2.44. The first kappa shape index (κ1) is 14.4. The van der Waals surface area contributed by atoms with Crippen LogP contribution in [0.4, 0.5) is 0 Å². The maximum Gasteiger partial charge on any atom is 0.306 e. The van der Waals surface area contributed by atoms with E-state index in [4.69, 9.17) is 10.5 Å². The van der Waals surface area contributed by atoms with Crippen LogP contribution in [-0.4, -0.2) is 18.8 Å². The molecular weight excluding hydrogens is 258 g/mol. The van der Waals surface area contributed by atoms with Crippen molar-refractivity contribution in [3.8, 4) is 0 Å². The summed E-state index contributed by atoms with van der Waals surface area (Å²) in [6.07, 6.45) is 2.78. The van der Waals surface area contributed by atoms with Crippen molar-refractivity contribution in [1.82, 2.24) is 0 Å². The van der Waals surface area contributed by atoms with E-state index in [0.29, 0.717) is 6.42 Å². The van der Waals surface area contributed by atoms with Gasteiger partial charge in [0.2, 0.25) is 0 Å². The molecule has 1 aromatic rings. The van der Waals surface area contributed by atoms with Crippen molar-refractivity contribution in [3.63, 3.8) is 0 Å². The van der Waals surface area contributed by atoms with Crippen LogP contribution in [0.2, 0.25) is 0 Å². The van der Waals surface area contributed by atoms with E-state index in [0.717, 1.165) is 18.6 Å². The minimum absolute atomic E-state index is 0.0412. The lowest BCUT2D eigenvalue weighted by Crippen LogP contribution is -2.13. The standard InChI is InChI=1S/C15H21NO2S/c1-11(16)12-5-3-4-6-13(12)19-10-15(7-8-15)9-14(17)18-2/h3-6,11H,7-10,16H2,1-2H3/t11-/m0/s1. The van der Waals surface area contributed by atoms with Gasteiger partial charge in [0.1, 0.15) is 0 Å². The van der Waals surface area contributed by atoms with Gasteiger partial charge in [0, 0.05) is 16.7 Å². The van der Waals surface area contributed by atoms with Crippen molar-refractivity contribution in [1.29, 1.82) is 0 Å². The molecule has 0 bridgehead atoms. The lowest BCUT2D eigenvalue weighted by atomic mass is 10.1. The zero-order valence-electron chi connectivity index (χ0n) is 11.5. The maximum absolute atomic E-state index is 11.4. The Morgan fingerprint density at radius 3 is 2.74 bits per heavy atom. The van der Waals surface area contributed by atoms with Crippen LogP contribution in [0.3, 0.4) is 0 Å². The topological polar surface area (TPSA) is 52.3 Å². The first-order valence-corrected chi connectivity index (χ1v) is 7.59. The second kappa shape index (κ2) is 5.97. The van der Waals surface area contributed by atoms with Gasteiger partial charge in [0.05, 0.1) is 13.5 Å². The molecule has 0 aromatic heterocycles. The molecule has 19 heavy (non-hydrogen) atoms. The summed E-state index contributed by atoms with van der Waals surface area (Å²) in [4.78, 5) is 12.6. The van der Waals surface area contributed by atoms with Crippen molar-refractivity contribution < 1.29 is 9.53 Å². The van der Waals surface area contributed by atoms with Crippen LogP contribution < -0.4 is 5.73 Å². The lowest BCUT2D eigenvalue weighted by molar-refractivity contribution is -0.141. The Balaban J connectivity index is 1.98. The molecule has 0 heterocycles. The van der Waals surface area contributed by atoms with E-state index >= 15 is 0 Å². The predicted molar refractivity (Wildman–Crippen MR) is 78.1 cm³/mol. The molecule has 4 heteroatoms. The van der Waals surface area contributed by atoms with Crippen LogP contribution in [0.5, 0.6) is 0 Å². The number of carbonyl (C=O) groups excluding carboxylic acids is 1. The van der Waals surface area contributed by atoms with E-state index < -0.39 is 0 Å². The number of carbonyl (C=O) groups is 1. The normalized spacial score (nSPS) is 17.8. The van der Waals surface area contributed by atoms with Crippen molar-refractivity contribution in [2.75, 3.05) is 12.9 Å². The number of rotatable bonds is 6. The minimum Gasteiger partial charge on any atom is -0.469 e. The molecule has 3 nitrogen and oxygen atoms in total. The number of esters is 1. The van der Waals surface area contributed by atoms with Crippen molar-refractivity contribution in [2.24, 2.45) is 11.1 Å². The monoisotopic (exact) mass is 279 g/mol. The first-order valence-electron chi connectivity index (χ1n) is 6.60. The van der Waals surface area contributed by atoms with Crippen LogP contribution in [0, 0.1) is 5.41 Å². The van der Waals surface area contributed by atoms with E-state index in [2.05, 4.69) is 12.1 Å². The summed E-state index contributed by atoms with van der Waals surface area (Å²) in [7, 11) is 1.46. The molecule has 0 radical (unpaired) electrons. The van der Waals surface area contributed by atoms with E-state index in [1.807, 2.05) is 30.8 Å². The maximum atomic E-state index is 11.4. The molecule has 1 aliphatic rings. The highest BCUT2D eigenvalue weighted by Crippen LogP contribution is 2.52. The van der Waals surface area contributed by atoms with Crippen LogP contribution >= 0.6 is 11.8 Å². The molecule has 2 rings (SSSR count). The lowest BCUT2D eigenvalue weighted by Gasteiger charge is -2.16. The number of hydrogen-bond acceptors (Lipinski definition) is 4. The van der Waals surface area contributed by atoms with Gasteiger partial charge in [-0.15, -0.1) is 11.8 Å². The molecule has 1 aromatic carbocycles. The summed E-state index contributed by atoms with van der Waals surface area (Å²) in [6.45, 7) is 2.00. The highest BCUT2D eigenvalue weighted by molar-refractivity contribution is 7.99. The summed E-state index contributed by atoms with van der Waals surface area (Å²) in [6, 6.07) is 8.28. The summed E-state index contributed by atoms with van der Waals surface area (Å²) in [5.74, 6) is 0.866. The zero-order valence-corrected chi connectivity index (χ0v) is 12.3. The van der Waals surface area contributed by atoms with Gasteiger partial charge in [0.25, 0.3) is 0 Å². The summed E-state index contributed by atoms with van der Waals surface area (Å²) in [5.41, 5.74) is 7.32. The van der Waals surface area contributed by atoms with E-state index in [1.54, 1.807) is 0 Å². The molecule has 1 fully saturated rings. The average Bonchev–Trinajstić information content (AvgIpc) is 3.16. The van der Waals surface area contributed by atoms with Gasteiger partial charge >= 0.3 is 5.97 Å². The highest BCUT2D eigenvalue weighted by atomic mass is 32.2. The van der Waals surface area contributed by atoms with Gasteiger partial charge in [-0.2, -0.15) is 0 Å². The minimum atomic E-state index is -0.0985. The number of hydrogen-bond donors (Lipinski definition) is 1. The Kier molecular flexibility index (Phi) is 4.53. The Morgan fingerprint density at radius 1 is 1.47 bits per heavy atom. The second-order valence-corrected chi connectivity index (χ2v) is 6.39. The summed E-state index contributed by atoms with van der Waals surface area (Å²) >= 11 is 1.81. The number of benzene rings is 1. The molecule has 1 aliphatic carbocycles.